The monoisotopic (exact) mass is 249 g/mol. The number of aromatic nitrogens is 1. The zero-order valence-corrected chi connectivity index (χ0v) is 11.4. The average molecular weight is 249 g/mol. The molecule has 0 atom stereocenters. The lowest BCUT2D eigenvalue weighted by Gasteiger charge is -2.03. The molecule has 0 N–H and O–H groups in total. The third-order valence-corrected chi connectivity index (χ3v) is 4.84. The maximum absolute atomic E-state index is 4.68. The molecular formula is C13H15NS2. The third-order valence-electron chi connectivity index (χ3n) is 2.60. The van der Waals surface area contributed by atoms with Gasteiger partial charge in [0.2, 0.25) is 0 Å². The molecule has 0 fully saturated rings. The van der Waals surface area contributed by atoms with Crippen LogP contribution >= 0.6 is 23.1 Å². The van der Waals surface area contributed by atoms with Crippen LogP contribution in [0.3, 0.4) is 0 Å². The van der Waals surface area contributed by atoms with Crippen LogP contribution in [0.25, 0.3) is 15.8 Å². The molecule has 0 unspecified atom stereocenters. The summed E-state index contributed by atoms with van der Waals surface area (Å²) in [6, 6.07) is 8.32. The van der Waals surface area contributed by atoms with E-state index in [-0.39, 0.29) is 0 Å². The second-order valence-corrected chi connectivity index (χ2v) is 5.52. The molecule has 0 amide bonds. The van der Waals surface area contributed by atoms with Gasteiger partial charge in [-0.25, -0.2) is 4.98 Å². The summed E-state index contributed by atoms with van der Waals surface area (Å²) in [6.45, 7) is 4.37. The van der Waals surface area contributed by atoms with Crippen molar-refractivity contribution in [3.8, 4) is 0 Å². The van der Waals surface area contributed by atoms with Crippen molar-refractivity contribution in [2.24, 2.45) is 0 Å². The van der Waals surface area contributed by atoms with E-state index in [2.05, 4.69) is 43.3 Å². The summed E-state index contributed by atoms with van der Waals surface area (Å²) >= 11 is 3.61. The van der Waals surface area contributed by atoms with E-state index in [4.69, 9.17) is 0 Å². The van der Waals surface area contributed by atoms with Crippen molar-refractivity contribution >= 4 is 38.9 Å². The lowest BCUT2D eigenvalue weighted by Crippen LogP contribution is -1.82. The van der Waals surface area contributed by atoms with Crippen LogP contribution in [0.5, 0.6) is 0 Å². The Kier molecular flexibility index (Phi) is 3.66. The lowest BCUT2D eigenvalue weighted by molar-refractivity contribution is 1.19. The largest absolute Gasteiger partial charge is 0.236 e. The lowest BCUT2D eigenvalue weighted by atomic mass is 10.2. The molecule has 0 aliphatic carbocycles. The van der Waals surface area contributed by atoms with Crippen LogP contribution in [0.15, 0.2) is 29.2 Å². The van der Waals surface area contributed by atoms with Crippen molar-refractivity contribution in [2.45, 2.75) is 20.3 Å². The minimum atomic E-state index is 1.09. The van der Waals surface area contributed by atoms with Gasteiger partial charge >= 0.3 is 0 Å². The van der Waals surface area contributed by atoms with Gasteiger partial charge in [-0.2, -0.15) is 0 Å². The molecule has 84 valence electrons. The number of nitrogens with zero attached hydrogens (tertiary/aromatic N) is 1. The highest BCUT2D eigenvalue weighted by Gasteiger charge is 2.08. The van der Waals surface area contributed by atoms with Crippen molar-refractivity contribution in [3.05, 3.63) is 34.2 Å². The van der Waals surface area contributed by atoms with Crippen LogP contribution in [0.1, 0.15) is 25.3 Å². The molecule has 0 spiro atoms. The van der Waals surface area contributed by atoms with Crippen LogP contribution in [0.2, 0.25) is 0 Å². The average Bonchev–Trinajstić information content (AvgIpc) is 2.74. The van der Waals surface area contributed by atoms with Crippen LogP contribution in [-0.4, -0.2) is 11.2 Å². The van der Waals surface area contributed by atoms with Gasteiger partial charge in [0.15, 0.2) is 0 Å². The summed E-state index contributed by atoms with van der Waals surface area (Å²) in [5.41, 5.74) is 2.44. The van der Waals surface area contributed by atoms with Crippen LogP contribution in [-0.2, 0) is 0 Å². The summed E-state index contributed by atoms with van der Waals surface area (Å²) in [4.78, 5) is 6.11. The van der Waals surface area contributed by atoms with Crippen LogP contribution in [0, 0.1) is 0 Å². The first kappa shape index (κ1) is 11.7. The number of allylic oxidation sites excluding steroid dienone is 2. The fourth-order valence-electron chi connectivity index (χ4n) is 1.71. The SMILES string of the molecule is CCC(SC)=C(C)c1nc2ccccc2s1. The normalized spacial score (nSPS) is 12.9. The van der Waals surface area contributed by atoms with Gasteiger partial charge in [0.05, 0.1) is 10.2 Å². The Labute approximate surface area is 105 Å². The Hall–Kier alpha value is -0.800. The summed E-state index contributed by atoms with van der Waals surface area (Å²) in [7, 11) is 0. The van der Waals surface area contributed by atoms with Gasteiger partial charge in [-0.05, 0) is 42.2 Å². The van der Waals surface area contributed by atoms with Crippen molar-refractivity contribution in [1.29, 1.82) is 0 Å². The molecule has 1 aromatic carbocycles. The highest BCUT2D eigenvalue weighted by Crippen LogP contribution is 2.32. The number of para-hydroxylation sites is 1. The predicted octanol–water partition coefficient (Wildman–Crippen LogP) is 4.80. The highest BCUT2D eigenvalue weighted by molar-refractivity contribution is 8.02. The Morgan fingerprint density at radius 2 is 2.12 bits per heavy atom. The summed E-state index contributed by atoms with van der Waals surface area (Å²) < 4.78 is 1.27. The fraction of sp³-hybridized carbons (Fsp3) is 0.308. The molecule has 2 rings (SSSR count). The molecule has 3 heteroatoms. The smallest absolute Gasteiger partial charge is 0.121 e. The molecule has 0 aliphatic rings. The fourth-order valence-corrected chi connectivity index (χ4v) is 3.46. The van der Waals surface area contributed by atoms with E-state index in [0.29, 0.717) is 0 Å². The maximum Gasteiger partial charge on any atom is 0.121 e. The van der Waals surface area contributed by atoms with Gasteiger partial charge in [0.1, 0.15) is 5.01 Å². The van der Waals surface area contributed by atoms with Crippen molar-refractivity contribution in [3.63, 3.8) is 0 Å². The number of thiazole rings is 1. The first-order valence-electron chi connectivity index (χ1n) is 5.36. The van der Waals surface area contributed by atoms with E-state index in [9.17, 15) is 0 Å². The Balaban J connectivity index is 2.51. The number of fused-ring (bicyclic) bond motifs is 1. The number of rotatable bonds is 3. The van der Waals surface area contributed by atoms with Crippen molar-refractivity contribution < 1.29 is 0 Å². The molecule has 0 radical (unpaired) electrons. The van der Waals surface area contributed by atoms with Crippen LogP contribution in [0.4, 0.5) is 0 Å². The van der Waals surface area contributed by atoms with E-state index in [1.807, 2.05) is 17.8 Å². The van der Waals surface area contributed by atoms with Crippen LogP contribution < -0.4 is 0 Å². The molecule has 1 nitrogen and oxygen atoms in total. The molecule has 0 aliphatic heterocycles. The van der Waals surface area contributed by atoms with Gasteiger partial charge < -0.3 is 0 Å². The van der Waals surface area contributed by atoms with Gasteiger partial charge in [-0.15, -0.1) is 23.1 Å². The summed E-state index contributed by atoms with van der Waals surface area (Å²) in [5, 5.41) is 1.16. The van der Waals surface area contributed by atoms with E-state index in [1.165, 1.54) is 15.2 Å². The molecule has 2 aromatic rings. The standard InChI is InChI=1S/C13H15NS2/c1-4-11(15-3)9(2)13-14-10-7-5-6-8-12(10)16-13/h5-8H,4H2,1-3H3. The first-order chi connectivity index (χ1) is 7.76. The number of hydrogen-bond acceptors (Lipinski definition) is 3. The third kappa shape index (κ3) is 2.15. The van der Waals surface area contributed by atoms with Gasteiger partial charge in [0, 0.05) is 0 Å². The quantitative estimate of drug-likeness (QED) is 0.775. The number of hydrogen-bond donors (Lipinski definition) is 0. The molecular weight excluding hydrogens is 234 g/mol. The Bertz CT molecular complexity index is 486. The van der Waals surface area contributed by atoms with Gasteiger partial charge in [-0.3, -0.25) is 0 Å². The molecule has 1 heterocycles. The predicted molar refractivity (Wildman–Crippen MR) is 76.0 cm³/mol. The second-order valence-electron chi connectivity index (χ2n) is 3.59. The second kappa shape index (κ2) is 5.02. The molecule has 0 saturated heterocycles. The highest BCUT2D eigenvalue weighted by atomic mass is 32.2. The Morgan fingerprint density at radius 3 is 2.75 bits per heavy atom. The molecule has 1 aromatic heterocycles. The Morgan fingerprint density at radius 1 is 1.38 bits per heavy atom. The van der Waals surface area contributed by atoms with Gasteiger partial charge in [-0.1, -0.05) is 19.1 Å². The number of benzene rings is 1. The van der Waals surface area contributed by atoms with E-state index < -0.39 is 0 Å². The summed E-state index contributed by atoms with van der Waals surface area (Å²) in [5.74, 6) is 0. The molecule has 16 heavy (non-hydrogen) atoms. The minimum absolute atomic E-state index is 1.09. The van der Waals surface area contributed by atoms with Crippen molar-refractivity contribution in [1.82, 2.24) is 4.98 Å². The molecule has 0 saturated carbocycles. The van der Waals surface area contributed by atoms with Crippen molar-refractivity contribution in [2.75, 3.05) is 6.26 Å². The zero-order valence-electron chi connectivity index (χ0n) is 9.78. The number of thioether (sulfide) groups is 1. The maximum atomic E-state index is 4.68. The van der Waals surface area contributed by atoms with Gasteiger partial charge in [0.25, 0.3) is 0 Å². The topological polar surface area (TPSA) is 12.9 Å². The van der Waals surface area contributed by atoms with E-state index in [1.54, 1.807) is 11.3 Å². The minimum Gasteiger partial charge on any atom is -0.236 e. The summed E-state index contributed by atoms with van der Waals surface area (Å²) in [6.07, 6.45) is 3.22. The zero-order chi connectivity index (χ0) is 11.5. The molecule has 0 bridgehead atoms. The first-order valence-corrected chi connectivity index (χ1v) is 7.40. The van der Waals surface area contributed by atoms with E-state index >= 15 is 0 Å². The van der Waals surface area contributed by atoms with E-state index in [0.717, 1.165) is 16.9 Å².